The van der Waals surface area contributed by atoms with Gasteiger partial charge in [0, 0.05) is 13.1 Å². The highest BCUT2D eigenvalue weighted by Crippen LogP contribution is 2.09. The summed E-state index contributed by atoms with van der Waals surface area (Å²) in [6.07, 6.45) is 3.77. The summed E-state index contributed by atoms with van der Waals surface area (Å²) in [5.74, 6) is -0.266. The van der Waals surface area contributed by atoms with Gasteiger partial charge < -0.3 is 4.74 Å². The molecule has 1 aromatic rings. The Morgan fingerprint density at radius 3 is 3.00 bits per heavy atom. The van der Waals surface area contributed by atoms with Gasteiger partial charge in [0.15, 0.2) is 0 Å². The second-order valence-corrected chi connectivity index (χ2v) is 3.14. The van der Waals surface area contributed by atoms with Crippen molar-refractivity contribution in [2.24, 2.45) is 0 Å². The number of rotatable bonds is 4. The zero-order valence-corrected chi connectivity index (χ0v) is 8.62. The van der Waals surface area contributed by atoms with E-state index in [0.717, 1.165) is 24.1 Å². The Kier molecular flexibility index (Phi) is 4.11. The van der Waals surface area contributed by atoms with Crippen LogP contribution in [0.15, 0.2) is 18.3 Å². The molecule has 0 N–H and O–H groups in total. The minimum absolute atomic E-state index is 0.266. The van der Waals surface area contributed by atoms with E-state index in [4.69, 9.17) is 4.74 Å². The van der Waals surface area contributed by atoms with Crippen LogP contribution in [0.1, 0.15) is 31.5 Å². The van der Waals surface area contributed by atoms with Crippen LogP contribution in [0.5, 0.6) is 0 Å². The molecule has 3 heteroatoms. The molecule has 0 aromatic carbocycles. The molecule has 14 heavy (non-hydrogen) atoms. The molecular formula is C11H15NO2. The van der Waals surface area contributed by atoms with E-state index in [9.17, 15) is 4.79 Å². The number of carbonyl (C=O) groups is 1. The highest BCUT2D eigenvalue weighted by Gasteiger charge is 2.03. The predicted molar refractivity (Wildman–Crippen MR) is 53.7 cm³/mol. The van der Waals surface area contributed by atoms with E-state index in [1.807, 2.05) is 12.1 Å². The molecule has 0 aliphatic heterocycles. The van der Waals surface area contributed by atoms with Crippen LogP contribution in [-0.4, -0.2) is 11.0 Å². The Balaban J connectivity index is 2.68. The summed E-state index contributed by atoms with van der Waals surface area (Å²) in [4.78, 5) is 14.8. The molecule has 0 amide bonds. The predicted octanol–water partition coefficient (Wildman–Crippen LogP) is 2.10. The molecule has 0 spiro atoms. The summed E-state index contributed by atoms with van der Waals surface area (Å²) in [5, 5.41) is 0. The van der Waals surface area contributed by atoms with E-state index in [0.29, 0.717) is 0 Å². The molecule has 0 saturated carbocycles. The summed E-state index contributed by atoms with van der Waals surface area (Å²) >= 11 is 0. The summed E-state index contributed by atoms with van der Waals surface area (Å²) in [6.45, 7) is 3.80. The number of aryl methyl sites for hydroxylation is 1. The Morgan fingerprint density at radius 2 is 2.36 bits per heavy atom. The molecule has 0 saturated heterocycles. The number of hydrogen-bond donors (Lipinski definition) is 0. The fourth-order valence-corrected chi connectivity index (χ4v) is 1.27. The van der Waals surface area contributed by atoms with Crippen LogP contribution < -0.4 is 0 Å². The Morgan fingerprint density at radius 1 is 1.57 bits per heavy atom. The standard InChI is InChI=1S/C11H15NO2/c1-3-5-10-6-4-7-12-11(10)8-14-9(2)13/h4,6-7H,3,5,8H2,1-2H3. The fourth-order valence-electron chi connectivity index (χ4n) is 1.27. The summed E-state index contributed by atoms with van der Waals surface area (Å²) in [5.41, 5.74) is 2.03. The summed E-state index contributed by atoms with van der Waals surface area (Å²) in [6, 6.07) is 3.93. The molecule has 1 aromatic heterocycles. The maximum absolute atomic E-state index is 10.6. The first-order valence-electron chi connectivity index (χ1n) is 4.80. The SMILES string of the molecule is CCCc1cccnc1COC(C)=O. The number of hydrogen-bond acceptors (Lipinski definition) is 3. The van der Waals surface area contributed by atoms with Crippen molar-refractivity contribution in [3.63, 3.8) is 0 Å². The van der Waals surface area contributed by atoms with Gasteiger partial charge >= 0.3 is 5.97 Å². The monoisotopic (exact) mass is 193 g/mol. The van der Waals surface area contributed by atoms with E-state index in [2.05, 4.69) is 11.9 Å². The highest BCUT2D eigenvalue weighted by molar-refractivity contribution is 5.65. The van der Waals surface area contributed by atoms with Gasteiger partial charge in [-0.05, 0) is 18.1 Å². The normalized spacial score (nSPS) is 9.86. The zero-order chi connectivity index (χ0) is 10.4. The van der Waals surface area contributed by atoms with Crippen LogP contribution in [-0.2, 0) is 22.6 Å². The molecule has 0 aliphatic rings. The molecule has 76 valence electrons. The van der Waals surface area contributed by atoms with Gasteiger partial charge in [-0.1, -0.05) is 19.4 Å². The Bertz CT molecular complexity index is 310. The van der Waals surface area contributed by atoms with Crippen molar-refractivity contribution in [3.8, 4) is 0 Å². The second kappa shape index (κ2) is 5.37. The molecule has 0 aliphatic carbocycles. The lowest BCUT2D eigenvalue weighted by Crippen LogP contribution is -2.03. The maximum atomic E-state index is 10.6. The van der Waals surface area contributed by atoms with E-state index < -0.39 is 0 Å². The smallest absolute Gasteiger partial charge is 0.303 e. The van der Waals surface area contributed by atoms with Crippen molar-refractivity contribution in [1.29, 1.82) is 0 Å². The van der Waals surface area contributed by atoms with E-state index in [1.54, 1.807) is 6.20 Å². The van der Waals surface area contributed by atoms with Crippen molar-refractivity contribution < 1.29 is 9.53 Å². The molecule has 1 heterocycles. The third kappa shape index (κ3) is 3.17. The van der Waals surface area contributed by atoms with Crippen LogP contribution >= 0.6 is 0 Å². The maximum Gasteiger partial charge on any atom is 0.303 e. The lowest BCUT2D eigenvalue weighted by molar-refractivity contribution is -0.142. The third-order valence-corrected chi connectivity index (χ3v) is 1.92. The first-order valence-corrected chi connectivity index (χ1v) is 4.80. The average Bonchev–Trinajstić information content (AvgIpc) is 2.17. The summed E-state index contributed by atoms with van der Waals surface area (Å²) in [7, 11) is 0. The van der Waals surface area contributed by atoms with Gasteiger partial charge in [-0.2, -0.15) is 0 Å². The van der Waals surface area contributed by atoms with Gasteiger partial charge in [0.2, 0.25) is 0 Å². The lowest BCUT2D eigenvalue weighted by atomic mass is 10.1. The largest absolute Gasteiger partial charge is 0.459 e. The lowest BCUT2D eigenvalue weighted by Gasteiger charge is -2.06. The molecule has 3 nitrogen and oxygen atoms in total. The molecule has 0 bridgehead atoms. The number of carbonyl (C=O) groups excluding carboxylic acids is 1. The Labute approximate surface area is 84.1 Å². The van der Waals surface area contributed by atoms with Crippen LogP contribution in [0, 0.1) is 0 Å². The number of ether oxygens (including phenoxy) is 1. The molecule has 1 rings (SSSR count). The first-order chi connectivity index (χ1) is 6.74. The van der Waals surface area contributed by atoms with Crippen LogP contribution in [0.25, 0.3) is 0 Å². The van der Waals surface area contributed by atoms with Crippen LogP contribution in [0.4, 0.5) is 0 Å². The van der Waals surface area contributed by atoms with Crippen molar-refractivity contribution in [1.82, 2.24) is 4.98 Å². The quantitative estimate of drug-likeness (QED) is 0.687. The van der Waals surface area contributed by atoms with Crippen molar-refractivity contribution in [3.05, 3.63) is 29.6 Å². The van der Waals surface area contributed by atoms with Crippen LogP contribution in [0.2, 0.25) is 0 Å². The van der Waals surface area contributed by atoms with Crippen LogP contribution in [0.3, 0.4) is 0 Å². The minimum Gasteiger partial charge on any atom is -0.459 e. The topological polar surface area (TPSA) is 39.2 Å². The van der Waals surface area contributed by atoms with E-state index in [1.165, 1.54) is 6.92 Å². The summed E-state index contributed by atoms with van der Waals surface area (Å²) < 4.78 is 4.91. The van der Waals surface area contributed by atoms with Gasteiger partial charge in [-0.3, -0.25) is 9.78 Å². The fraction of sp³-hybridized carbons (Fsp3) is 0.455. The third-order valence-electron chi connectivity index (χ3n) is 1.92. The second-order valence-electron chi connectivity index (χ2n) is 3.14. The van der Waals surface area contributed by atoms with Gasteiger partial charge in [0.05, 0.1) is 5.69 Å². The van der Waals surface area contributed by atoms with Gasteiger partial charge in [-0.15, -0.1) is 0 Å². The van der Waals surface area contributed by atoms with E-state index >= 15 is 0 Å². The number of esters is 1. The van der Waals surface area contributed by atoms with Gasteiger partial charge in [0.25, 0.3) is 0 Å². The molecule has 0 unspecified atom stereocenters. The average molecular weight is 193 g/mol. The number of nitrogens with zero attached hydrogens (tertiary/aromatic N) is 1. The van der Waals surface area contributed by atoms with Gasteiger partial charge in [0.1, 0.15) is 6.61 Å². The van der Waals surface area contributed by atoms with Crippen molar-refractivity contribution >= 4 is 5.97 Å². The minimum atomic E-state index is -0.266. The van der Waals surface area contributed by atoms with Crippen molar-refractivity contribution in [2.75, 3.05) is 0 Å². The number of pyridine rings is 1. The first kappa shape index (κ1) is 10.7. The number of aromatic nitrogens is 1. The van der Waals surface area contributed by atoms with Crippen molar-refractivity contribution in [2.45, 2.75) is 33.3 Å². The highest BCUT2D eigenvalue weighted by atomic mass is 16.5. The Hall–Kier alpha value is -1.38. The molecule has 0 atom stereocenters. The molecular weight excluding hydrogens is 178 g/mol. The molecule has 0 radical (unpaired) electrons. The zero-order valence-electron chi connectivity index (χ0n) is 8.62. The molecule has 0 fully saturated rings. The van der Waals surface area contributed by atoms with Gasteiger partial charge in [-0.25, -0.2) is 0 Å². The van der Waals surface area contributed by atoms with E-state index in [-0.39, 0.29) is 12.6 Å².